The van der Waals surface area contributed by atoms with Crippen LogP contribution in [-0.2, 0) is 5.41 Å². The first-order chi connectivity index (χ1) is 28.8. The first-order valence-electron chi connectivity index (χ1n) is 20.2. The minimum Gasteiger partial charge on any atom is -0.314 e. The number of aromatic nitrogens is 2. The molecule has 0 radical (unpaired) electrons. The molecule has 3 nitrogen and oxygen atoms in total. The van der Waals surface area contributed by atoms with Gasteiger partial charge in [0.15, 0.2) is 5.82 Å². The van der Waals surface area contributed by atoms with Gasteiger partial charge in [-0.1, -0.05) is 170 Å². The Kier molecular flexibility index (Phi) is 7.27. The van der Waals surface area contributed by atoms with Crippen LogP contribution in [0.3, 0.4) is 0 Å². The van der Waals surface area contributed by atoms with E-state index in [4.69, 9.17) is 9.97 Å². The molecule has 9 aromatic rings. The standard InChI is InChI=1S/C55H37N3/c1-4-18-36(19-5-1)48-35-49(57-54(56-48)37-20-6-2-7-21-37)38-32-33-44-47(34-38)55(53-43-27-13-11-25-41(43)40-24-10-12-26-42(40)52(44)53)45-28-14-16-30-50(45)58(39-22-8-3-9-23-39)51-31-17-15-29-46(51)55/h1-16,18-30,32-35H,17,31H2. The smallest absolute Gasteiger partial charge is 0.160 e. The fourth-order valence-electron chi connectivity index (χ4n) is 10.2. The summed E-state index contributed by atoms with van der Waals surface area (Å²) in [7, 11) is 0. The van der Waals surface area contributed by atoms with E-state index in [0.29, 0.717) is 5.82 Å². The van der Waals surface area contributed by atoms with E-state index in [1.54, 1.807) is 0 Å². The molecule has 58 heavy (non-hydrogen) atoms. The van der Waals surface area contributed by atoms with Gasteiger partial charge in [-0.2, -0.15) is 0 Å². The number of hydrogen-bond donors (Lipinski definition) is 0. The van der Waals surface area contributed by atoms with Crippen LogP contribution in [0.1, 0.15) is 29.5 Å². The maximum Gasteiger partial charge on any atom is 0.160 e. The number of para-hydroxylation sites is 2. The molecule has 12 rings (SSSR count). The number of anilines is 2. The molecule has 0 bridgehead atoms. The van der Waals surface area contributed by atoms with Gasteiger partial charge in [0.05, 0.1) is 22.5 Å². The van der Waals surface area contributed by atoms with Crippen molar-refractivity contribution >= 4 is 32.9 Å². The second kappa shape index (κ2) is 12.8. The van der Waals surface area contributed by atoms with Crippen molar-refractivity contribution in [2.24, 2.45) is 0 Å². The van der Waals surface area contributed by atoms with Crippen LogP contribution in [0.25, 0.3) is 66.6 Å². The number of allylic oxidation sites excluding steroid dienone is 4. The van der Waals surface area contributed by atoms with Gasteiger partial charge in [0.1, 0.15) is 0 Å². The predicted molar refractivity (Wildman–Crippen MR) is 239 cm³/mol. The summed E-state index contributed by atoms with van der Waals surface area (Å²) in [6.07, 6.45) is 6.78. The molecule has 0 N–H and O–H groups in total. The maximum atomic E-state index is 5.34. The van der Waals surface area contributed by atoms with E-state index in [1.807, 2.05) is 6.07 Å². The molecular weight excluding hydrogens is 703 g/mol. The van der Waals surface area contributed by atoms with E-state index in [9.17, 15) is 0 Å². The molecule has 1 aliphatic heterocycles. The van der Waals surface area contributed by atoms with Crippen LogP contribution in [0, 0.1) is 0 Å². The Labute approximate surface area is 337 Å². The van der Waals surface area contributed by atoms with Gasteiger partial charge in [0, 0.05) is 28.1 Å². The quantitative estimate of drug-likeness (QED) is 0.168. The Morgan fingerprint density at radius 3 is 1.84 bits per heavy atom. The Morgan fingerprint density at radius 2 is 1.09 bits per heavy atom. The third-order valence-corrected chi connectivity index (χ3v) is 12.5. The van der Waals surface area contributed by atoms with Crippen molar-refractivity contribution in [3.63, 3.8) is 0 Å². The third kappa shape index (κ3) is 4.68. The van der Waals surface area contributed by atoms with Crippen molar-refractivity contribution < 1.29 is 0 Å². The van der Waals surface area contributed by atoms with Gasteiger partial charge < -0.3 is 4.90 Å². The highest BCUT2D eigenvalue weighted by Gasteiger charge is 2.54. The highest BCUT2D eigenvalue weighted by Crippen LogP contribution is 2.65. The van der Waals surface area contributed by atoms with Gasteiger partial charge in [-0.05, 0) is 98.1 Å². The van der Waals surface area contributed by atoms with Crippen LogP contribution in [0.5, 0.6) is 0 Å². The molecular formula is C55H37N3. The maximum absolute atomic E-state index is 5.34. The number of hydrogen-bond acceptors (Lipinski definition) is 3. The summed E-state index contributed by atoms with van der Waals surface area (Å²) < 4.78 is 0. The van der Waals surface area contributed by atoms with Crippen molar-refractivity contribution in [3.8, 4) is 45.0 Å². The largest absolute Gasteiger partial charge is 0.314 e. The van der Waals surface area contributed by atoms with Gasteiger partial charge in [-0.25, -0.2) is 9.97 Å². The van der Waals surface area contributed by atoms with E-state index in [-0.39, 0.29) is 0 Å². The highest BCUT2D eigenvalue weighted by atomic mass is 15.2. The average Bonchev–Trinajstić information content (AvgIpc) is 3.61. The van der Waals surface area contributed by atoms with E-state index in [0.717, 1.165) is 40.9 Å². The summed E-state index contributed by atoms with van der Waals surface area (Å²) in [6, 6.07) is 68.3. The molecule has 2 aliphatic carbocycles. The Bertz CT molecular complexity index is 3110. The first-order valence-corrected chi connectivity index (χ1v) is 20.2. The molecule has 0 saturated heterocycles. The highest BCUT2D eigenvalue weighted by molar-refractivity contribution is 6.19. The van der Waals surface area contributed by atoms with Crippen LogP contribution >= 0.6 is 0 Å². The van der Waals surface area contributed by atoms with Gasteiger partial charge >= 0.3 is 0 Å². The number of nitrogens with zero attached hydrogens (tertiary/aromatic N) is 3. The van der Waals surface area contributed by atoms with Crippen molar-refractivity contribution in [3.05, 3.63) is 228 Å². The van der Waals surface area contributed by atoms with Crippen LogP contribution < -0.4 is 4.90 Å². The molecule has 1 aromatic heterocycles. The summed E-state index contributed by atoms with van der Waals surface area (Å²) in [5.74, 6) is 0.717. The molecule has 0 saturated carbocycles. The summed E-state index contributed by atoms with van der Waals surface area (Å²) in [6.45, 7) is 0. The van der Waals surface area contributed by atoms with Crippen LogP contribution in [-0.4, -0.2) is 9.97 Å². The normalized spacial score (nSPS) is 16.4. The zero-order valence-electron chi connectivity index (χ0n) is 31.8. The van der Waals surface area contributed by atoms with E-state index in [2.05, 4.69) is 199 Å². The Hall–Kier alpha value is -7.36. The zero-order valence-corrected chi connectivity index (χ0v) is 31.8. The fourth-order valence-corrected chi connectivity index (χ4v) is 10.2. The third-order valence-electron chi connectivity index (χ3n) is 12.5. The molecule has 1 spiro atoms. The van der Waals surface area contributed by atoms with Crippen molar-refractivity contribution in [2.45, 2.75) is 18.3 Å². The van der Waals surface area contributed by atoms with Gasteiger partial charge in [0.2, 0.25) is 0 Å². The molecule has 2 heterocycles. The van der Waals surface area contributed by atoms with Crippen molar-refractivity contribution in [1.82, 2.24) is 9.97 Å². The molecule has 8 aromatic carbocycles. The van der Waals surface area contributed by atoms with Gasteiger partial charge in [0.25, 0.3) is 0 Å². The fraction of sp³-hybridized carbons (Fsp3) is 0.0545. The lowest BCUT2D eigenvalue weighted by Gasteiger charge is -2.47. The molecule has 3 heteroatoms. The number of rotatable bonds is 4. The lowest BCUT2D eigenvalue weighted by atomic mass is 9.62. The van der Waals surface area contributed by atoms with Gasteiger partial charge in [-0.3, -0.25) is 0 Å². The Balaban J connectivity index is 1.22. The van der Waals surface area contributed by atoms with Crippen LogP contribution in [0.15, 0.2) is 211 Å². The minimum absolute atomic E-state index is 0.601. The predicted octanol–water partition coefficient (Wildman–Crippen LogP) is 13.9. The summed E-state index contributed by atoms with van der Waals surface area (Å²) in [5, 5.41) is 5.14. The molecule has 272 valence electrons. The molecule has 1 atom stereocenters. The van der Waals surface area contributed by atoms with E-state index >= 15 is 0 Å². The van der Waals surface area contributed by atoms with Crippen molar-refractivity contribution in [1.29, 1.82) is 0 Å². The molecule has 0 amide bonds. The summed E-state index contributed by atoms with van der Waals surface area (Å²) >= 11 is 0. The second-order valence-corrected chi connectivity index (χ2v) is 15.5. The molecule has 0 fully saturated rings. The zero-order chi connectivity index (χ0) is 38.2. The van der Waals surface area contributed by atoms with Crippen molar-refractivity contribution in [2.75, 3.05) is 4.90 Å². The number of benzene rings is 8. The average molecular weight is 740 g/mol. The first kappa shape index (κ1) is 32.8. The van der Waals surface area contributed by atoms with Gasteiger partial charge in [-0.15, -0.1) is 0 Å². The Morgan fingerprint density at radius 1 is 0.483 bits per heavy atom. The van der Waals surface area contributed by atoms with E-state index < -0.39 is 5.41 Å². The summed E-state index contributed by atoms with van der Waals surface area (Å²) in [5.41, 5.74) is 16.0. The molecule has 3 aliphatic rings. The molecule has 1 unspecified atom stereocenters. The summed E-state index contributed by atoms with van der Waals surface area (Å²) in [4.78, 5) is 13.0. The lowest BCUT2D eigenvalue weighted by Crippen LogP contribution is -2.39. The van der Waals surface area contributed by atoms with Crippen LogP contribution in [0.2, 0.25) is 0 Å². The topological polar surface area (TPSA) is 29.0 Å². The lowest BCUT2D eigenvalue weighted by molar-refractivity contribution is 0.707. The number of fused-ring (bicyclic) bond motifs is 13. The van der Waals surface area contributed by atoms with E-state index in [1.165, 1.54) is 72.0 Å². The van der Waals surface area contributed by atoms with Crippen LogP contribution in [0.4, 0.5) is 11.4 Å². The SMILES string of the molecule is C1=CC2=C(CC1)N(c1ccccc1)c1ccccc1C21c2cc(-c3cc(-c4ccccc4)nc(-c4ccccc4)n3)ccc2-c2c1c1ccccc1c1ccccc21. The monoisotopic (exact) mass is 739 g/mol. The minimum atomic E-state index is -0.601. The second-order valence-electron chi connectivity index (χ2n) is 15.5.